The van der Waals surface area contributed by atoms with Gasteiger partial charge in [0.1, 0.15) is 0 Å². The van der Waals surface area contributed by atoms with Gasteiger partial charge < -0.3 is 10.1 Å². The summed E-state index contributed by atoms with van der Waals surface area (Å²) in [6.07, 6.45) is 6.44. The molecule has 3 atom stereocenters. The van der Waals surface area contributed by atoms with Crippen LogP contribution in [0, 0.1) is 11.8 Å². The fraction of sp³-hybridized carbons (Fsp3) is 1.00. The van der Waals surface area contributed by atoms with Crippen LogP contribution in [0.5, 0.6) is 0 Å². The Morgan fingerprint density at radius 2 is 2.06 bits per heavy atom. The molecule has 3 unspecified atom stereocenters. The van der Waals surface area contributed by atoms with Crippen molar-refractivity contribution in [2.45, 2.75) is 57.6 Å². The number of ether oxygens (including phenoxy) is 1. The van der Waals surface area contributed by atoms with Crippen molar-refractivity contribution >= 4 is 11.8 Å². The Morgan fingerprint density at radius 1 is 1.33 bits per heavy atom. The summed E-state index contributed by atoms with van der Waals surface area (Å²) in [5, 5.41) is 3.37. The average Bonchev–Trinajstić information content (AvgIpc) is 2.39. The van der Waals surface area contributed by atoms with Gasteiger partial charge in [-0.25, -0.2) is 0 Å². The topological polar surface area (TPSA) is 21.3 Å². The molecule has 2 aliphatic rings. The van der Waals surface area contributed by atoms with Crippen molar-refractivity contribution in [1.82, 2.24) is 5.32 Å². The van der Waals surface area contributed by atoms with Gasteiger partial charge in [-0.15, -0.1) is 0 Å². The summed E-state index contributed by atoms with van der Waals surface area (Å²) in [7, 11) is 2.07. The Hall–Kier alpha value is 0.270. The lowest BCUT2D eigenvalue weighted by Crippen LogP contribution is -2.44. The molecule has 106 valence electrons. The van der Waals surface area contributed by atoms with E-state index in [2.05, 4.69) is 38.0 Å². The van der Waals surface area contributed by atoms with Crippen LogP contribution in [0.3, 0.4) is 0 Å². The fourth-order valence-electron chi connectivity index (χ4n) is 3.51. The van der Waals surface area contributed by atoms with E-state index in [0.29, 0.717) is 6.04 Å². The maximum Gasteiger partial charge on any atom is 0.0701 e. The molecule has 0 aromatic rings. The van der Waals surface area contributed by atoms with Crippen LogP contribution >= 0.6 is 11.8 Å². The Balaban J connectivity index is 1.89. The van der Waals surface area contributed by atoms with Crippen LogP contribution in [-0.2, 0) is 4.74 Å². The fourth-order valence-corrected chi connectivity index (χ4v) is 4.75. The van der Waals surface area contributed by atoms with E-state index in [1.54, 1.807) is 0 Å². The molecule has 0 bridgehead atoms. The molecular formula is C15H29NOS. The van der Waals surface area contributed by atoms with E-state index in [9.17, 15) is 0 Å². The maximum absolute atomic E-state index is 6.19. The summed E-state index contributed by atoms with van der Waals surface area (Å²) in [5.41, 5.74) is 0.255. The van der Waals surface area contributed by atoms with E-state index in [1.807, 2.05) is 0 Å². The lowest BCUT2D eigenvalue weighted by molar-refractivity contribution is -0.110. The molecule has 0 aliphatic carbocycles. The first-order valence-electron chi connectivity index (χ1n) is 7.54. The molecule has 0 radical (unpaired) electrons. The predicted molar refractivity (Wildman–Crippen MR) is 80.3 cm³/mol. The lowest BCUT2D eigenvalue weighted by Gasteiger charge is -2.45. The summed E-state index contributed by atoms with van der Waals surface area (Å²) in [4.78, 5) is 0. The van der Waals surface area contributed by atoms with Crippen molar-refractivity contribution in [3.8, 4) is 0 Å². The molecule has 2 rings (SSSR count). The molecule has 1 spiro atoms. The summed E-state index contributed by atoms with van der Waals surface area (Å²) < 4.78 is 6.19. The Morgan fingerprint density at radius 3 is 2.72 bits per heavy atom. The van der Waals surface area contributed by atoms with E-state index in [0.717, 1.165) is 18.4 Å². The van der Waals surface area contributed by atoms with Crippen LogP contribution in [0.2, 0.25) is 0 Å². The van der Waals surface area contributed by atoms with Crippen molar-refractivity contribution < 1.29 is 4.74 Å². The lowest BCUT2D eigenvalue weighted by atomic mass is 9.75. The predicted octanol–water partition coefficient (Wildman–Crippen LogP) is 3.31. The third-order valence-electron chi connectivity index (χ3n) is 4.96. The monoisotopic (exact) mass is 271 g/mol. The summed E-state index contributed by atoms with van der Waals surface area (Å²) >= 11 is 2.10. The quantitative estimate of drug-likeness (QED) is 0.847. The van der Waals surface area contributed by atoms with Crippen LogP contribution < -0.4 is 5.32 Å². The molecule has 2 saturated heterocycles. The highest BCUT2D eigenvalue weighted by Crippen LogP contribution is 2.42. The second kappa shape index (κ2) is 6.62. The largest absolute Gasteiger partial charge is 0.375 e. The summed E-state index contributed by atoms with van der Waals surface area (Å²) in [6.45, 7) is 5.73. The Labute approximate surface area is 117 Å². The first-order chi connectivity index (χ1) is 8.65. The van der Waals surface area contributed by atoms with Crippen molar-refractivity contribution in [3.05, 3.63) is 0 Å². The van der Waals surface area contributed by atoms with E-state index >= 15 is 0 Å². The zero-order valence-corrected chi connectivity index (χ0v) is 13.0. The highest BCUT2D eigenvalue weighted by molar-refractivity contribution is 7.99. The van der Waals surface area contributed by atoms with Gasteiger partial charge in [0.2, 0.25) is 0 Å². The highest BCUT2D eigenvalue weighted by atomic mass is 32.2. The molecule has 0 aromatic carbocycles. The van der Waals surface area contributed by atoms with Gasteiger partial charge in [-0.1, -0.05) is 6.92 Å². The molecule has 2 heterocycles. The number of hydrogen-bond acceptors (Lipinski definition) is 3. The normalized spacial score (nSPS) is 31.2. The number of rotatable bonds is 4. The molecule has 1 N–H and O–H groups in total. The van der Waals surface area contributed by atoms with Gasteiger partial charge in [-0.05, 0) is 69.4 Å². The zero-order chi connectivity index (χ0) is 13.0. The van der Waals surface area contributed by atoms with Crippen molar-refractivity contribution in [3.63, 3.8) is 0 Å². The molecule has 2 fully saturated rings. The van der Waals surface area contributed by atoms with Crippen LogP contribution in [0.1, 0.15) is 46.0 Å². The number of nitrogens with one attached hydrogen (secondary N) is 1. The van der Waals surface area contributed by atoms with Crippen LogP contribution in [0.25, 0.3) is 0 Å². The van der Waals surface area contributed by atoms with Crippen LogP contribution in [0.4, 0.5) is 0 Å². The number of hydrogen-bond donors (Lipinski definition) is 1. The van der Waals surface area contributed by atoms with Gasteiger partial charge in [0, 0.05) is 12.6 Å². The minimum atomic E-state index is 0.255. The van der Waals surface area contributed by atoms with Gasteiger partial charge in [-0.2, -0.15) is 11.8 Å². The first kappa shape index (κ1) is 14.7. The Kier molecular flexibility index (Phi) is 5.40. The summed E-state index contributed by atoms with van der Waals surface area (Å²) in [5.74, 6) is 4.29. The molecule has 18 heavy (non-hydrogen) atoms. The third kappa shape index (κ3) is 3.64. The zero-order valence-electron chi connectivity index (χ0n) is 12.2. The Bertz CT molecular complexity index is 247. The van der Waals surface area contributed by atoms with Gasteiger partial charge in [0.25, 0.3) is 0 Å². The van der Waals surface area contributed by atoms with Crippen LogP contribution in [0.15, 0.2) is 0 Å². The minimum Gasteiger partial charge on any atom is -0.375 e. The van der Waals surface area contributed by atoms with Gasteiger partial charge in [0.15, 0.2) is 0 Å². The summed E-state index contributed by atoms with van der Waals surface area (Å²) in [6, 6.07) is 0.640. The minimum absolute atomic E-state index is 0.255. The van der Waals surface area contributed by atoms with Gasteiger partial charge >= 0.3 is 0 Å². The molecule has 2 aliphatic heterocycles. The molecule has 0 amide bonds. The standard InChI is InChI=1S/C15H29NOS/c1-12(10-13(2)16-3)14-4-7-17-15(11-14)5-8-18-9-6-15/h12-14,16H,4-11H2,1-3H3. The molecule has 2 nitrogen and oxygen atoms in total. The SMILES string of the molecule is CNC(C)CC(C)C1CCOC2(CCSCC2)C1. The van der Waals surface area contributed by atoms with Crippen molar-refractivity contribution in [2.24, 2.45) is 11.8 Å². The van der Waals surface area contributed by atoms with E-state index in [4.69, 9.17) is 4.74 Å². The third-order valence-corrected chi connectivity index (χ3v) is 5.94. The molecular weight excluding hydrogens is 242 g/mol. The maximum atomic E-state index is 6.19. The molecule has 0 saturated carbocycles. The van der Waals surface area contributed by atoms with Gasteiger partial charge in [-0.3, -0.25) is 0 Å². The molecule has 0 aromatic heterocycles. The second-order valence-corrected chi connectivity index (χ2v) is 7.52. The van der Waals surface area contributed by atoms with E-state index < -0.39 is 0 Å². The smallest absolute Gasteiger partial charge is 0.0701 e. The van der Waals surface area contributed by atoms with E-state index in [1.165, 1.54) is 43.6 Å². The van der Waals surface area contributed by atoms with Crippen molar-refractivity contribution in [2.75, 3.05) is 25.2 Å². The van der Waals surface area contributed by atoms with E-state index in [-0.39, 0.29) is 5.60 Å². The van der Waals surface area contributed by atoms with Gasteiger partial charge in [0.05, 0.1) is 5.60 Å². The van der Waals surface area contributed by atoms with Crippen molar-refractivity contribution in [1.29, 1.82) is 0 Å². The highest BCUT2D eigenvalue weighted by Gasteiger charge is 2.40. The average molecular weight is 271 g/mol. The van der Waals surface area contributed by atoms with Crippen LogP contribution in [-0.4, -0.2) is 36.8 Å². The molecule has 3 heteroatoms. The number of thioether (sulfide) groups is 1. The first-order valence-corrected chi connectivity index (χ1v) is 8.70. The second-order valence-electron chi connectivity index (χ2n) is 6.30.